The number of alkyl halides is 6. The van der Waals surface area contributed by atoms with Gasteiger partial charge in [0.25, 0.3) is 0 Å². The molecule has 2 aromatic carbocycles. The zero-order chi connectivity index (χ0) is 30.7. The third-order valence-electron chi connectivity index (χ3n) is 5.06. The first-order chi connectivity index (χ1) is 19.9. The molecule has 4 aromatic rings. The normalized spacial score (nSPS) is 12.0. The van der Waals surface area contributed by atoms with E-state index in [4.69, 9.17) is 0 Å². The van der Waals surface area contributed by atoms with E-state index >= 15 is 0 Å². The van der Waals surface area contributed by atoms with E-state index in [2.05, 4.69) is 9.97 Å². The van der Waals surface area contributed by atoms with Gasteiger partial charge in [-0.05, 0) is 47.8 Å². The molecule has 0 spiro atoms. The topological polar surface area (TPSA) is 121 Å². The molecule has 0 saturated carbocycles. The molecule has 2 heterocycles. The minimum absolute atomic E-state index is 0.00124. The Morgan fingerprint density at radius 3 is 1.14 bits per heavy atom. The van der Waals surface area contributed by atoms with Crippen LogP contribution in [0.25, 0.3) is 33.7 Å². The average Bonchev–Trinajstić information content (AvgIpc) is 3.55. The van der Waals surface area contributed by atoms with Crippen molar-refractivity contribution >= 4 is 57.3 Å². The first-order valence-electron chi connectivity index (χ1n) is 10.9. The minimum atomic E-state index is -4.51. The zero-order valence-corrected chi connectivity index (χ0v) is 23.5. The third kappa shape index (κ3) is 7.11. The lowest BCUT2D eigenvalue weighted by Crippen LogP contribution is -2.01. The van der Waals surface area contributed by atoms with Crippen LogP contribution in [0.5, 0.6) is 0 Å². The van der Waals surface area contributed by atoms with Crippen LogP contribution in [0.1, 0.15) is 0 Å². The van der Waals surface area contributed by atoms with Crippen LogP contribution in [0.3, 0.4) is 0 Å². The number of hydrogen-bond acceptors (Lipinski definition) is 10. The lowest BCUT2D eigenvalue weighted by atomic mass is 10.1. The van der Waals surface area contributed by atoms with Gasteiger partial charge in [0, 0.05) is 20.9 Å². The largest absolute Gasteiger partial charge is 0.446 e. The van der Waals surface area contributed by atoms with E-state index in [0.717, 1.165) is 22.7 Å². The van der Waals surface area contributed by atoms with E-state index < -0.39 is 11.0 Å². The second kappa shape index (κ2) is 12.3. The van der Waals surface area contributed by atoms with E-state index in [1.54, 1.807) is 24.3 Å². The fraction of sp³-hybridized carbons (Fsp3) is 0.0769. The molecule has 6 nitrogen and oxygen atoms in total. The average molecular weight is 647 g/mol. The van der Waals surface area contributed by atoms with Crippen LogP contribution in [0.4, 0.5) is 26.3 Å². The van der Waals surface area contributed by atoms with E-state index in [-0.39, 0.29) is 65.2 Å². The molecule has 42 heavy (non-hydrogen) atoms. The van der Waals surface area contributed by atoms with E-state index in [0.29, 0.717) is 20.2 Å². The monoisotopic (exact) mass is 646 g/mol. The second-order valence-corrected chi connectivity index (χ2v) is 12.0. The van der Waals surface area contributed by atoms with Crippen LogP contribution in [0, 0.1) is 54.4 Å². The summed E-state index contributed by atoms with van der Waals surface area (Å²) in [5, 5.41) is 37.7. The maximum Gasteiger partial charge on any atom is 0.446 e. The van der Waals surface area contributed by atoms with Gasteiger partial charge in [0.2, 0.25) is 0 Å². The van der Waals surface area contributed by atoms with Gasteiger partial charge < -0.3 is 0 Å². The van der Waals surface area contributed by atoms with Crippen molar-refractivity contribution in [2.45, 2.75) is 20.8 Å². The Morgan fingerprint density at radius 2 is 0.881 bits per heavy atom. The Morgan fingerprint density at radius 1 is 0.571 bits per heavy atom. The van der Waals surface area contributed by atoms with Crippen LogP contribution < -0.4 is 9.33 Å². The standard InChI is InChI=1S/C26H8F6N6S4/c27-25(28,29)41-17-5-1-13(2-6-17)19-21(39-23(37-19)15(9-33)10-34)22-20(38-24(40-22)16(11-35)12-36)14-3-7-18(8-4-14)42-26(30,31)32/h1-8H/b22-21+. The van der Waals surface area contributed by atoms with E-state index in [1.165, 1.54) is 48.5 Å². The Hall–Kier alpha value is -4.32. The van der Waals surface area contributed by atoms with Gasteiger partial charge in [0.05, 0.1) is 20.5 Å². The van der Waals surface area contributed by atoms with Crippen LogP contribution in [-0.4, -0.2) is 21.0 Å². The molecular weight excluding hydrogens is 639 g/mol. The number of hydrogen-bond donors (Lipinski definition) is 0. The summed E-state index contributed by atoms with van der Waals surface area (Å²) in [6, 6.07) is 17.4. The van der Waals surface area contributed by atoms with Gasteiger partial charge in [-0.15, -0.1) is 22.7 Å². The molecule has 0 fully saturated rings. The van der Waals surface area contributed by atoms with Gasteiger partial charge in [-0.1, -0.05) is 24.3 Å². The third-order valence-corrected chi connectivity index (χ3v) is 8.85. The van der Waals surface area contributed by atoms with Crippen molar-refractivity contribution in [3.8, 4) is 46.8 Å². The molecule has 4 rings (SSSR count). The lowest BCUT2D eigenvalue weighted by Gasteiger charge is -2.06. The summed E-state index contributed by atoms with van der Waals surface area (Å²) in [5.74, 6) is 0. The van der Waals surface area contributed by atoms with Crippen molar-refractivity contribution < 1.29 is 26.3 Å². The SMILES string of the molecule is N#CC(C#N)=c1nc(-c2ccc(SC(F)(F)F)cc2)/c(=c2\sc(=C(C#N)C#N)nc2-c2ccc(SC(F)(F)F)cc2)s1. The van der Waals surface area contributed by atoms with Crippen molar-refractivity contribution in [2.75, 3.05) is 0 Å². The summed E-state index contributed by atoms with van der Waals surface area (Å²) in [5.41, 5.74) is -8.68. The van der Waals surface area contributed by atoms with Crippen LogP contribution in [0.2, 0.25) is 0 Å². The van der Waals surface area contributed by atoms with Gasteiger partial charge >= 0.3 is 11.0 Å². The number of benzene rings is 2. The van der Waals surface area contributed by atoms with Crippen molar-refractivity contribution in [1.82, 2.24) is 9.97 Å². The van der Waals surface area contributed by atoms with Crippen molar-refractivity contribution in [3.05, 3.63) is 66.9 Å². The van der Waals surface area contributed by atoms with Gasteiger partial charge in [-0.3, -0.25) is 0 Å². The molecule has 0 saturated heterocycles. The highest BCUT2D eigenvalue weighted by Gasteiger charge is 2.30. The molecule has 0 atom stereocenters. The summed E-state index contributed by atoms with van der Waals surface area (Å²) in [4.78, 5) is 8.63. The van der Waals surface area contributed by atoms with Gasteiger partial charge in [0.1, 0.15) is 33.6 Å². The van der Waals surface area contributed by atoms with Crippen molar-refractivity contribution in [2.24, 2.45) is 0 Å². The highest BCUT2D eigenvalue weighted by atomic mass is 32.2. The highest BCUT2D eigenvalue weighted by molar-refractivity contribution is 8.00. The summed E-state index contributed by atoms with van der Waals surface area (Å²) < 4.78 is 77.6. The van der Waals surface area contributed by atoms with Crippen molar-refractivity contribution in [1.29, 1.82) is 21.0 Å². The summed E-state index contributed by atoms with van der Waals surface area (Å²) in [6.07, 6.45) is 0. The molecule has 16 heteroatoms. The fourth-order valence-electron chi connectivity index (χ4n) is 3.42. The maximum absolute atomic E-state index is 12.8. The molecule has 0 unspecified atom stereocenters. The van der Waals surface area contributed by atoms with Crippen LogP contribution >= 0.6 is 46.2 Å². The number of thioether (sulfide) groups is 2. The molecule has 208 valence electrons. The molecule has 0 aliphatic carbocycles. The molecule has 0 aliphatic heterocycles. The predicted molar refractivity (Wildman–Crippen MR) is 145 cm³/mol. The number of nitrogens with zero attached hydrogens (tertiary/aromatic N) is 6. The second-order valence-electron chi connectivity index (χ2n) is 7.74. The van der Waals surface area contributed by atoms with Crippen LogP contribution in [-0.2, 0) is 0 Å². The quantitative estimate of drug-likeness (QED) is 0.175. The molecular formula is C26H8F6N6S4. The van der Waals surface area contributed by atoms with Crippen molar-refractivity contribution in [3.63, 3.8) is 0 Å². The number of thiazole rings is 2. The molecule has 0 amide bonds. The number of rotatable bonds is 4. The molecule has 0 radical (unpaired) electrons. The molecule has 0 aliphatic rings. The van der Waals surface area contributed by atoms with Crippen LogP contribution in [0.15, 0.2) is 58.3 Å². The van der Waals surface area contributed by atoms with Gasteiger partial charge in [-0.25, -0.2) is 9.97 Å². The predicted octanol–water partition coefficient (Wildman–Crippen LogP) is 6.84. The first-order valence-corrected chi connectivity index (χ1v) is 14.2. The van der Waals surface area contributed by atoms with Gasteiger partial charge in [-0.2, -0.15) is 47.4 Å². The fourth-order valence-corrected chi connectivity index (χ4v) is 6.70. The molecule has 2 aromatic heterocycles. The minimum Gasteiger partial charge on any atom is -0.234 e. The first kappa shape index (κ1) is 30.6. The summed E-state index contributed by atoms with van der Waals surface area (Å²) >= 11 is 1.18. The van der Waals surface area contributed by atoms with Gasteiger partial charge in [0.15, 0.2) is 11.1 Å². The smallest absolute Gasteiger partial charge is 0.234 e. The summed E-state index contributed by atoms with van der Waals surface area (Å²) in [7, 11) is 0. The maximum atomic E-state index is 12.8. The number of halogens is 6. The lowest BCUT2D eigenvalue weighted by molar-refractivity contribution is -0.0337. The number of aromatic nitrogens is 2. The summed E-state index contributed by atoms with van der Waals surface area (Å²) in [6.45, 7) is 0. The number of nitriles is 4. The highest BCUT2D eigenvalue weighted by Crippen LogP contribution is 2.39. The Labute approximate surface area is 248 Å². The zero-order valence-electron chi connectivity index (χ0n) is 20.2. The Balaban J connectivity index is 2.10. The molecule has 0 bridgehead atoms. The molecule has 0 N–H and O–H groups in total. The Bertz CT molecular complexity index is 1870. The van der Waals surface area contributed by atoms with E-state index in [1.807, 2.05) is 0 Å². The van der Waals surface area contributed by atoms with E-state index in [9.17, 15) is 47.4 Å². The Kier molecular flexibility index (Phi) is 8.95.